The standard InChI is InChI=1S/C20H19ClN2O4/c1-26-16-8-6-11(10-15(16)23(24)25)19-13-5-3-4-12(13)18-14(21)7-9-17(27-2)20(18)22-19/h3-4,6-10,12-13,19,22H,5H2,1-2H3/t12-,13+,19+/m0/s1. The number of nitro benzene ring substituents is 1. The lowest BCUT2D eigenvalue weighted by Gasteiger charge is -2.38. The summed E-state index contributed by atoms with van der Waals surface area (Å²) in [6.45, 7) is 0. The van der Waals surface area contributed by atoms with Crippen molar-refractivity contribution in [2.45, 2.75) is 18.4 Å². The molecule has 1 aliphatic carbocycles. The van der Waals surface area contributed by atoms with E-state index < -0.39 is 4.92 Å². The highest BCUT2D eigenvalue weighted by Crippen LogP contribution is 2.54. The van der Waals surface area contributed by atoms with Crippen LogP contribution in [0.25, 0.3) is 0 Å². The van der Waals surface area contributed by atoms with Crippen molar-refractivity contribution >= 4 is 23.0 Å². The van der Waals surface area contributed by atoms with Gasteiger partial charge in [-0.15, -0.1) is 0 Å². The van der Waals surface area contributed by atoms with E-state index >= 15 is 0 Å². The topological polar surface area (TPSA) is 73.6 Å². The molecule has 0 fully saturated rings. The number of halogens is 1. The van der Waals surface area contributed by atoms with Crippen LogP contribution >= 0.6 is 11.6 Å². The van der Waals surface area contributed by atoms with Gasteiger partial charge in [0.2, 0.25) is 0 Å². The maximum absolute atomic E-state index is 11.4. The zero-order chi connectivity index (χ0) is 19.1. The van der Waals surface area contributed by atoms with Gasteiger partial charge in [0.15, 0.2) is 5.75 Å². The van der Waals surface area contributed by atoms with Gasteiger partial charge in [-0.25, -0.2) is 0 Å². The number of hydrogen-bond acceptors (Lipinski definition) is 5. The Morgan fingerprint density at radius 2 is 1.93 bits per heavy atom. The van der Waals surface area contributed by atoms with Crippen LogP contribution in [-0.2, 0) is 0 Å². The van der Waals surface area contributed by atoms with E-state index in [0.29, 0.717) is 10.8 Å². The number of methoxy groups -OCH3 is 2. The maximum Gasteiger partial charge on any atom is 0.311 e. The second-order valence-corrected chi connectivity index (χ2v) is 7.11. The van der Waals surface area contributed by atoms with Gasteiger partial charge in [0.1, 0.15) is 5.75 Å². The van der Waals surface area contributed by atoms with Crippen LogP contribution in [0.5, 0.6) is 11.5 Å². The van der Waals surface area contributed by atoms with Crippen molar-refractivity contribution in [3.8, 4) is 11.5 Å². The predicted molar refractivity (Wildman–Crippen MR) is 104 cm³/mol. The summed E-state index contributed by atoms with van der Waals surface area (Å²) in [5.74, 6) is 1.31. The zero-order valence-corrected chi connectivity index (χ0v) is 15.7. The molecule has 7 heteroatoms. The number of ether oxygens (including phenoxy) is 2. The molecule has 6 nitrogen and oxygen atoms in total. The van der Waals surface area contributed by atoms with Gasteiger partial charge in [0.05, 0.1) is 30.9 Å². The minimum Gasteiger partial charge on any atom is -0.495 e. The van der Waals surface area contributed by atoms with E-state index in [1.165, 1.54) is 7.11 Å². The Kier molecular flexibility index (Phi) is 4.44. The number of anilines is 1. The number of rotatable bonds is 4. The van der Waals surface area contributed by atoms with Crippen LogP contribution in [0.4, 0.5) is 11.4 Å². The third kappa shape index (κ3) is 2.80. The van der Waals surface area contributed by atoms with E-state index in [1.54, 1.807) is 19.2 Å². The van der Waals surface area contributed by atoms with Crippen LogP contribution in [0.15, 0.2) is 42.5 Å². The zero-order valence-electron chi connectivity index (χ0n) is 14.9. The average molecular weight is 387 g/mol. The van der Waals surface area contributed by atoms with Crippen LogP contribution < -0.4 is 14.8 Å². The lowest BCUT2D eigenvalue weighted by atomic mass is 9.76. The first-order valence-corrected chi connectivity index (χ1v) is 9.05. The van der Waals surface area contributed by atoms with Crippen molar-refractivity contribution in [1.29, 1.82) is 0 Å². The van der Waals surface area contributed by atoms with Crippen LogP contribution in [0.1, 0.15) is 29.5 Å². The normalized spacial score (nSPS) is 22.6. The fraction of sp³-hybridized carbons (Fsp3) is 0.300. The van der Waals surface area contributed by atoms with Crippen molar-refractivity contribution in [1.82, 2.24) is 0 Å². The van der Waals surface area contributed by atoms with Gasteiger partial charge >= 0.3 is 5.69 Å². The number of allylic oxidation sites excluding steroid dienone is 2. The Balaban J connectivity index is 1.83. The molecule has 2 aliphatic rings. The number of nitrogens with one attached hydrogen (secondary N) is 1. The highest BCUT2D eigenvalue weighted by atomic mass is 35.5. The summed E-state index contributed by atoms with van der Waals surface area (Å²) in [6.07, 6.45) is 5.18. The SMILES string of the molecule is COc1ccc([C@H]2Nc3c(OC)ccc(Cl)c3[C@H]3C=CC[C@H]32)cc1[N+](=O)[O-]. The monoisotopic (exact) mass is 386 g/mol. The van der Waals surface area contributed by atoms with Gasteiger partial charge in [-0.05, 0) is 36.1 Å². The lowest BCUT2D eigenvalue weighted by molar-refractivity contribution is -0.385. The summed E-state index contributed by atoms with van der Waals surface area (Å²) in [7, 11) is 3.05. The Hall–Kier alpha value is -2.73. The summed E-state index contributed by atoms with van der Waals surface area (Å²) in [4.78, 5) is 11.0. The van der Waals surface area contributed by atoms with Gasteiger partial charge in [-0.1, -0.05) is 29.8 Å². The molecule has 2 aromatic rings. The third-order valence-corrected chi connectivity index (χ3v) is 5.74. The molecule has 1 N–H and O–H groups in total. The van der Waals surface area contributed by atoms with E-state index in [4.69, 9.17) is 21.1 Å². The van der Waals surface area contributed by atoms with Crippen molar-refractivity contribution in [3.63, 3.8) is 0 Å². The van der Waals surface area contributed by atoms with E-state index in [1.807, 2.05) is 18.2 Å². The summed E-state index contributed by atoms with van der Waals surface area (Å²) in [6, 6.07) is 8.70. The molecule has 27 heavy (non-hydrogen) atoms. The Labute approximate surface area is 161 Å². The number of fused-ring (bicyclic) bond motifs is 3. The predicted octanol–water partition coefficient (Wildman–Crippen LogP) is 5.09. The molecule has 0 saturated carbocycles. The molecular formula is C20H19ClN2O4. The number of hydrogen-bond donors (Lipinski definition) is 1. The molecule has 0 aromatic heterocycles. The molecule has 1 heterocycles. The first-order valence-electron chi connectivity index (χ1n) is 8.67. The van der Waals surface area contributed by atoms with Crippen LogP contribution in [0, 0.1) is 16.0 Å². The van der Waals surface area contributed by atoms with Gasteiger partial charge in [0, 0.05) is 22.6 Å². The fourth-order valence-corrected chi connectivity index (χ4v) is 4.46. The minimum atomic E-state index is -0.416. The quantitative estimate of drug-likeness (QED) is 0.450. The van der Waals surface area contributed by atoms with Gasteiger partial charge in [0.25, 0.3) is 0 Å². The third-order valence-electron chi connectivity index (χ3n) is 5.41. The second-order valence-electron chi connectivity index (χ2n) is 6.70. The van der Waals surface area contributed by atoms with Gasteiger partial charge in [-0.2, -0.15) is 0 Å². The molecule has 0 amide bonds. The van der Waals surface area contributed by atoms with Gasteiger partial charge in [-0.3, -0.25) is 10.1 Å². The molecule has 4 rings (SSSR count). The number of nitro groups is 1. The molecule has 2 aromatic carbocycles. The van der Waals surface area contributed by atoms with Crippen LogP contribution in [-0.4, -0.2) is 19.1 Å². The molecule has 0 unspecified atom stereocenters. The largest absolute Gasteiger partial charge is 0.495 e. The summed E-state index contributed by atoms with van der Waals surface area (Å²) in [5, 5.41) is 15.7. The average Bonchev–Trinajstić information content (AvgIpc) is 3.16. The minimum absolute atomic E-state index is 0.0387. The summed E-state index contributed by atoms with van der Waals surface area (Å²) >= 11 is 6.50. The first-order chi connectivity index (χ1) is 13.0. The van der Waals surface area contributed by atoms with E-state index in [0.717, 1.165) is 23.2 Å². The van der Waals surface area contributed by atoms with Crippen molar-refractivity contribution in [3.05, 3.63) is 68.7 Å². The molecule has 140 valence electrons. The second kappa shape index (κ2) is 6.78. The number of nitrogens with zero attached hydrogens (tertiary/aromatic N) is 1. The highest BCUT2D eigenvalue weighted by molar-refractivity contribution is 6.32. The molecule has 0 bridgehead atoms. The molecular weight excluding hydrogens is 368 g/mol. The van der Waals surface area contributed by atoms with Crippen LogP contribution in [0.2, 0.25) is 5.02 Å². The molecule has 0 radical (unpaired) electrons. The van der Waals surface area contributed by atoms with E-state index in [2.05, 4.69) is 17.5 Å². The summed E-state index contributed by atoms with van der Waals surface area (Å²) < 4.78 is 10.7. The Morgan fingerprint density at radius 1 is 1.19 bits per heavy atom. The Bertz CT molecular complexity index is 944. The van der Waals surface area contributed by atoms with Crippen molar-refractivity contribution in [2.75, 3.05) is 19.5 Å². The molecule has 3 atom stereocenters. The maximum atomic E-state index is 11.4. The fourth-order valence-electron chi connectivity index (χ4n) is 4.18. The van der Waals surface area contributed by atoms with Gasteiger partial charge < -0.3 is 14.8 Å². The molecule has 1 aliphatic heterocycles. The van der Waals surface area contributed by atoms with Crippen LogP contribution in [0.3, 0.4) is 0 Å². The number of benzene rings is 2. The highest BCUT2D eigenvalue weighted by Gasteiger charge is 2.40. The molecule has 0 saturated heterocycles. The van der Waals surface area contributed by atoms with Crippen molar-refractivity contribution < 1.29 is 14.4 Å². The Morgan fingerprint density at radius 3 is 2.63 bits per heavy atom. The smallest absolute Gasteiger partial charge is 0.311 e. The van der Waals surface area contributed by atoms with E-state index in [-0.39, 0.29) is 29.3 Å². The van der Waals surface area contributed by atoms with E-state index in [9.17, 15) is 10.1 Å². The lowest BCUT2D eigenvalue weighted by Crippen LogP contribution is -2.29. The summed E-state index contributed by atoms with van der Waals surface area (Å²) in [5.41, 5.74) is 2.67. The van der Waals surface area contributed by atoms with Crippen molar-refractivity contribution in [2.24, 2.45) is 5.92 Å². The molecule has 0 spiro atoms. The first kappa shape index (κ1) is 17.7.